The van der Waals surface area contributed by atoms with E-state index < -0.39 is 22.8 Å². The molecule has 1 N–H and O–H groups in total. The molecule has 2 rings (SSSR count). The van der Waals surface area contributed by atoms with Gasteiger partial charge in [0.15, 0.2) is 0 Å². The van der Waals surface area contributed by atoms with Crippen molar-refractivity contribution in [3.63, 3.8) is 0 Å². The zero-order chi connectivity index (χ0) is 17.7. The van der Waals surface area contributed by atoms with Gasteiger partial charge in [0.05, 0.1) is 24.5 Å². The van der Waals surface area contributed by atoms with Crippen LogP contribution in [0.3, 0.4) is 0 Å². The van der Waals surface area contributed by atoms with Crippen LogP contribution < -0.4 is 5.32 Å². The van der Waals surface area contributed by atoms with Crippen molar-refractivity contribution < 1.29 is 19.2 Å². The number of nitrogens with one attached hydrogen (secondary N) is 1. The fourth-order valence-electron chi connectivity index (χ4n) is 2.00. The summed E-state index contributed by atoms with van der Waals surface area (Å²) >= 11 is 7.12. The Morgan fingerprint density at radius 1 is 1.42 bits per heavy atom. The molecule has 0 radical (unpaired) electrons. The second-order valence-corrected chi connectivity index (χ2v) is 6.13. The molecular weight excluding hydrogens is 356 g/mol. The number of esters is 1. The molecule has 0 fully saturated rings. The lowest BCUT2D eigenvalue weighted by atomic mass is 10.1. The predicted molar refractivity (Wildman–Crippen MR) is 89.3 cm³/mol. The van der Waals surface area contributed by atoms with Crippen molar-refractivity contribution in [2.75, 3.05) is 7.11 Å². The van der Waals surface area contributed by atoms with E-state index in [0.717, 1.165) is 10.9 Å². The number of benzene rings is 1. The van der Waals surface area contributed by atoms with Crippen LogP contribution in [-0.2, 0) is 9.53 Å². The highest BCUT2D eigenvalue weighted by molar-refractivity contribution is 7.10. The third-order valence-electron chi connectivity index (χ3n) is 3.20. The van der Waals surface area contributed by atoms with Crippen LogP contribution >= 0.6 is 22.9 Å². The molecule has 9 heteroatoms. The van der Waals surface area contributed by atoms with Gasteiger partial charge in [-0.1, -0.05) is 17.7 Å². The third-order valence-corrected chi connectivity index (χ3v) is 4.50. The Morgan fingerprint density at radius 3 is 2.75 bits per heavy atom. The highest BCUT2D eigenvalue weighted by Gasteiger charge is 2.22. The van der Waals surface area contributed by atoms with E-state index in [4.69, 9.17) is 11.6 Å². The van der Waals surface area contributed by atoms with E-state index in [1.807, 2.05) is 5.38 Å². The van der Waals surface area contributed by atoms with E-state index in [2.05, 4.69) is 10.1 Å². The molecule has 1 aromatic heterocycles. The lowest BCUT2D eigenvalue weighted by Gasteiger charge is -2.16. The predicted octanol–water partition coefficient (Wildman–Crippen LogP) is 3.34. The average Bonchev–Trinajstić information content (AvgIpc) is 3.08. The molecule has 2 aromatic rings. The number of carbonyl (C=O) groups is 2. The van der Waals surface area contributed by atoms with Crippen molar-refractivity contribution in [3.05, 3.63) is 61.3 Å². The van der Waals surface area contributed by atoms with Gasteiger partial charge in [0.2, 0.25) is 0 Å². The standard InChI is InChI=1S/C15H13ClN2O5S/c1-23-14(19)8-11(13-3-2-6-24-13)17-15(20)9-4-5-10(16)12(7-9)18(21)22/h2-7,11H,8H2,1H3,(H,17,20)/t11-/m1/s1. The number of nitro benzene ring substituents is 1. The van der Waals surface area contributed by atoms with Gasteiger partial charge in [-0.3, -0.25) is 19.7 Å². The van der Waals surface area contributed by atoms with Crippen LogP contribution in [0.1, 0.15) is 27.7 Å². The van der Waals surface area contributed by atoms with Crippen molar-refractivity contribution in [2.24, 2.45) is 0 Å². The van der Waals surface area contributed by atoms with Gasteiger partial charge in [-0.2, -0.15) is 0 Å². The number of carbonyl (C=O) groups excluding carboxylic acids is 2. The van der Waals surface area contributed by atoms with E-state index in [0.29, 0.717) is 0 Å². The first-order valence-corrected chi connectivity index (χ1v) is 8.03. The van der Waals surface area contributed by atoms with Crippen LogP contribution in [0, 0.1) is 10.1 Å². The van der Waals surface area contributed by atoms with Crippen molar-refractivity contribution in [2.45, 2.75) is 12.5 Å². The Morgan fingerprint density at radius 2 is 2.17 bits per heavy atom. The SMILES string of the molecule is COC(=O)C[C@@H](NC(=O)c1ccc(Cl)c([N+](=O)[O-])c1)c1cccs1. The van der Waals surface area contributed by atoms with Gasteiger partial charge < -0.3 is 10.1 Å². The maximum atomic E-state index is 12.4. The molecule has 1 heterocycles. The largest absolute Gasteiger partial charge is 0.469 e. The molecule has 0 aliphatic carbocycles. The van der Waals surface area contributed by atoms with Crippen LogP contribution in [0.4, 0.5) is 5.69 Å². The van der Waals surface area contributed by atoms with Crippen LogP contribution in [-0.4, -0.2) is 23.9 Å². The molecule has 0 saturated carbocycles. The summed E-state index contributed by atoms with van der Waals surface area (Å²) in [6, 6.07) is 6.76. The zero-order valence-corrected chi connectivity index (χ0v) is 14.1. The quantitative estimate of drug-likeness (QED) is 0.479. The van der Waals surface area contributed by atoms with Gasteiger partial charge in [-0.05, 0) is 23.6 Å². The zero-order valence-electron chi connectivity index (χ0n) is 12.5. The van der Waals surface area contributed by atoms with Crippen molar-refractivity contribution in [1.82, 2.24) is 5.32 Å². The Labute approximate surface area is 146 Å². The second kappa shape index (κ2) is 7.89. The molecule has 0 aliphatic heterocycles. The maximum absolute atomic E-state index is 12.4. The molecule has 1 aromatic carbocycles. The first-order chi connectivity index (χ1) is 11.4. The number of amides is 1. The number of ether oxygens (including phenoxy) is 1. The van der Waals surface area contributed by atoms with Crippen LogP contribution in [0.15, 0.2) is 35.7 Å². The molecule has 0 spiro atoms. The summed E-state index contributed by atoms with van der Waals surface area (Å²) in [5, 5.41) is 15.4. The summed E-state index contributed by atoms with van der Waals surface area (Å²) in [4.78, 5) is 35.0. The minimum absolute atomic E-state index is 0.0432. The summed E-state index contributed by atoms with van der Waals surface area (Å²) < 4.78 is 4.64. The minimum atomic E-state index is -0.662. The smallest absolute Gasteiger partial charge is 0.307 e. The second-order valence-electron chi connectivity index (χ2n) is 4.75. The highest BCUT2D eigenvalue weighted by Crippen LogP contribution is 2.26. The number of nitrogens with zero attached hydrogens (tertiary/aromatic N) is 1. The number of rotatable bonds is 6. The Kier molecular flexibility index (Phi) is 5.88. The number of thiophene rings is 1. The van der Waals surface area contributed by atoms with E-state index in [9.17, 15) is 19.7 Å². The van der Waals surface area contributed by atoms with Crippen molar-refractivity contribution in [1.29, 1.82) is 0 Å². The van der Waals surface area contributed by atoms with E-state index >= 15 is 0 Å². The summed E-state index contributed by atoms with van der Waals surface area (Å²) in [6.07, 6.45) is -0.0432. The Hall–Kier alpha value is -2.45. The molecular formula is C15H13ClN2O5S. The fourth-order valence-corrected chi connectivity index (χ4v) is 2.96. The summed E-state index contributed by atoms with van der Waals surface area (Å²) in [7, 11) is 1.26. The first kappa shape index (κ1) is 17.9. The van der Waals surface area contributed by atoms with Crippen molar-refractivity contribution in [3.8, 4) is 0 Å². The van der Waals surface area contributed by atoms with E-state index in [1.165, 1.54) is 30.6 Å². The van der Waals surface area contributed by atoms with Gasteiger partial charge in [0.1, 0.15) is 5.02 Å². The molecule has 126 valence electrons. The van der Waals surface area contributed by atoms with Gasteiger partial charge in [-0.15, -0.1) is 11.3 Å². The fraction of sp³-hybridized carbons (Fsp3) is 0.200. The lowest BCUT2D eigenvalue weighted by molar-refractivity contribution is -0.384. The number of hydrogen-bond donors (Lipinski definition) is 1. The third kappa shape index (κ3) is 4.30. The van der Waals surface area contributed by atoms with Gasteiger partial charge in [-0.25, -0.2) is 0 Å². The first-order valence-electron chi connectivity index (χ1n) is 6.77. The van der Waals surface area contributed by atoms with Gasteiger partial charge in [0.25, 0.3) is 11.6 Å². The summed E-state index contributed by atoms with van der Waals surface area (Å²) in [5.74, 6) is -1.02. The molecule has 0 saturated heterocycles. The minimum Gasteiger partial charge on any atom is -0.469 e. The Bertz CT molecular complexity index is 763. The lowest BCUT2D eigenvalue weighted by Crippen LogP contribution is -2.30. The Balaban J connectivity index is 2.23. The van der Waals surface area contributed by atoms with Gasteiger partial charge >= 0.3 is 5.97 Å². The summed E-state index contributed by atoms with van der Waals surface area (Å²) in [5.41, 5.74) is -0.275. The number of halogens is 1. The van der Waals surface area contributed by atoms with Crippen molar-refractivity contribution >= 4 is 40.5 Å². The number of methoxy groups -OCH3 is 1. The van der Waals surface area contributed by atoms with E-state index in [-0.39, 0.29) is 22.7 Å². The topological polar surface area (TPSA) is 98.5 Å². The summed E-state index contributed by atoms with van der Waals surface area (Å²) in [6.45, 7) is 0. The molecule has 7 nitrogen and oxygen atoms in total. The van der Waals surface area contributed by atoms with Crippen LogP contribution in [0.25, 0.3) is 0 Å². The molecule has 0 unspecified atom stereocenters. The molecule has 1 amide bonds. The monoisotopic (exact) mass is 368 g/mol. The highest BCUT2D eigenvalue weighted by atomic mass is 35.5. The molecule has 0 bridgehead atoms. The number of nitro groups is 1. The van der Waals surface area contributed by atoms with Gasteiger partial charge in [0, 0.05) is 16.5 Å². The molecule has 1 atom stereocenters. The average molecular weight is 369 g/mol. The maximum Gasteiger partial charge on any atom is 0.307 e. The van der Waals surface area contributed by atoms with Crippen LogP contribution in [0.2, 0.25) is 5.02 Å². The van der Waals surface area contributed by atoms with E-state index in [1.54, 1.807) is 12.1 Å². The molecule has 24 heavy (non-hydrogen) atoms. The van der Waals surface area contributed by atoms with Crippen LogP contribution in [0.5, 0.6) is 0 Å². The molecule has 0 aliphatic rings. The number of hydrogen-bond acceptors (Lipinski definition) is 6. The normalized spacial score (nSPS) is 11.6.